The molecule has 0 aromatic heterocycles. The highest BCUT2D eigenvalue weighted by Gasteiger charge is 2.21. The van der Waals surface area contributed by atoms with Gasteiger partial charge < -0.3 is 20.0 Å². The number of sulfonamides is 1. The van der Waals surface area contributed by atoms with E-state index in [0.29, 0.717) is 19.6 Å². The van der Waals surface area contributed by atoms with Crippen LogP contribution in [-0.2, 0) is 21.1 Å². The lowest BCUT2D eigenvalue weighted by Gasteiger charge is -2.27. The lowest BCUT2D eigenvalue weighted by atomic mass is 10.2. The first-order valence-electron chi connectivity index (χ1n) is 11.0. The zero-order valence-electron chi connectivity index (χ0n) is 19.2. The summed E-state index contributed by atoms with van der Waals surface area (Å²) in [5.74, 6) is 0. The monoisotopic (exact) mass is 508 g/mol. The molecule has 13 heteroatoms. The van der Waals surface area contributed by atoms with E-state index in [-0.39, 0.29) is 4.90 Å². The minimum Gasteiger partial charge on any atom is -0.392 e. The molecule has 0 saturated carbocycles. The van der Waals surface area contributed by atoms with E-state index < -0.39 is 36.1 Å². The van der Waals surface area contributed by atoms with E-state index in [1.54, 1.807) is 26.0 Å². The molecule has 0 bridgehead atoms. The molecule has 33 heavy (non-hydrogen) atoms. The first kappa shape index (κ1) is 28.3. The summed E-state index contributed by atoms with van der Waals surface area (Å²) in [6.07, 6.45) is -1.81. The molecule has 0 amide bonds. The van der Waals surface area contributed by atoms with Crippen molar-refractivity contribution in [2.75, 3.05) is 58.6 Å². The Balaban J connectivity index is 2.06. The van der Waals surface area contributed by atoms with Crippen LogP contribution in [0, 0.1) is 0 Å². The average Bonchev–Trinajstić information content (AvgIpc) is 2.78. The van der Waals surface area contributed by atoms with Crippen LogP contribution >= 0.6 is 7.60 Å². The molecule has 1 aliphatic heterocycles. The van der Waals surface area contributed by atoms with Crippen LogP contribution in [0.25, 0.3) is 0 Å². The van der Waals surface area contributed by atoms with Crippen molar-refractivity contribution in [3.05, 3.63) is 29.8 Å². The zero-order chi connectivity index (χ0) is 24.6. The van der Waals surface area contributed by atoms with E-state index in [1.165, 1.54) is 12.1 Å². The van der Waals surface area contributed by atoms with Crippen LogP contribution in [0.2, 0.25) is 0 Å². The van der Waals surface area contributed by atoms with Gasteiger partial charge in [0.05, 0.1) is 17.1 Å². The van der Waals surface area contributed by atoms with Gasteiger partial charge in [0.2, 0.25) is 10.0 Å². The Hall–Kier alpha value is -0.920. The fourth-order valence-electron chi connectivity index (χ4n) is 3.74. The second-order valence-corrected chi connectivity index (χ2v) is 12.1. The first-order chi connectivity index (χ1) is 15.3. The van der Waals surface area contributed by atoms with Crippen molar-refractivity contribution in [3.8, 4) is 0 Å². The zero-order valence-corrected chi connectivity index (χ0v) is 21.0. The Bertz CT molecular complexity index is 855. The summed E-state index contributed by atoms with van der Waals surface area (Å²) in [6, 6.07) is 6.24. The normalized spacial score (nSPS) is 20.1. The maximum Gasteiger partial charge on any atom is 0.340 e. The molecular formula is C20H37N4O7PS. The topological polar surface area (TPSA) is 154 Å². The van der Waals surface area contributed by atoms with E-state index in [0.717, 1.165) is 44.8 Å². The van der Waals surface area contributed by atoms with Gasteiger partial charge >= 0.3 is 7.60 Å². The van der Waals surface area contributed by atoms with Crippen molar-refractivity contribution in [1.82, 2.24) is 19.4 Å². The molecule has 1 heterocycles. The van der Waals surface area contributed by atoms with Crippen molar-refractivity contribution in [3.63, 3.8) is 0 Å². The van der Waals surface area contributed by atoms with Gasteiger partial charge in [0.15, 0.2) is 0 Å². The summed E-state index contributed by atoms with van der Waals surface area (Å²) < 4.78 is 37.3. The molecular weight excluding hydrogens is 471 g/mol. The third-order valence-corrected chi connectivity index (χ3v) is 7.54. The van der Waals surface area contributed by atoms with Gasteiger partial charge in [-0.1, -0.05) is 12.1 Å². The first-order valence-corrected chi connectivity index (χ1v) is 14.3. The molecule has 1 aromatic carbocycles. The summed E-state index contributed by atoms with van der Waals surface area (Å²) in [7, 11) is -8.51. The summed E-state index contributed by atoms with van der Waals surface area (Å²) in [5, 5.41) is 19.6. The maximum absolute atomic E-state index is 12.2. The highest BCUT2D eigenvalue weighted by Crippen LogP contribution is 2.32. The van der Waals surface area contributed by atoms with Crippen LogP contribution in [0.15, 0.2) is 29.2 Å². The average molecular weight is 509 g/mol. The van der Waals surface area contributed by atoms with Crippen LogP contribution in [0.1, 0.15) is 19.4 Å². The van der Waals surface area contributed by atoms with Crippen LogP contribution in [0.5, 0.6) is 0 Å². The summed E-state index contributed by atoms with van der Waals surface area (Å²) in [5.41, 5.74) is 0.910. The van der Waals surface area contributed by atoms with Crippen LogP contribution < -0.4 is 4.72 Å². The third-order valence-electron chi connectivity index (χ3n) is 5.34. The summed E-state index contributed by atoms with van der Waals surface area (Å²) in [6.45, 7) is 10.0. The molecule has 1 aliphatic rings. The van der Waals surface area contributed by atoms with Gasteiger partial charge in [0.25, 0.3) is 0 Å². The molecule has 1 aromatic rings. The van der Waals surface area contributed by atoms with Gasteiger partial charge in [-0.2, -0.15) is 4.72 Å². The molecule has 5 N–H and O–H groups in total. The van der Waals surface area contributed by atoms with E-state index >= 15 is 0 Å². The SMILES string of the molecule is C[C@H](O)CN1CCN(Cc2ccc(S(=O)(=O)NCP(=O)(O)O)cc2)CCN(C[C@H](C)O)CC1. The van der Waals surface area contributed by atoms with E-state index in [1.807, 2.05) is 4.72 Å². The molecule has 0 radical (unpaired) electrons. The van der Waals surface area contributed by atoms with Crippen LogP contribution in [0.3, 0.4) is 0 Å². The van der Waals surface area contributed by atoms with Gasteiger partial charge in [-0.15, -0.1) is 0 Å². The highest BCUT2D eigenvalue weighted by atomic mass is 32.2. The van der Waals surface area contributed by atoms with Crippen LogP contribution in [0.4, 0.5) is 0 Å². The molecule has 0 spiro atoms. The number of aliphatic hydroxyl groups excluding tert-OH is 2. The van der Waals surface area contributed by atoms with Crippen molar-refractivity contribution >= 4 is 17.6 Å². The molecule has 1 saturated heterocycles. The number of rotatable bonds is 10. The minimum absolute atomic E-state index is 0.0598. The summed E-state index contributed by atoms with van der Waals surface area (Å²) >= 11 is 0. The molecule has 0 unspecified atom stereocenters. The molecule has 0 aliphatic carbocycles. The van der Waals surface area contributed by atoms with E-state index in [4.69, 9.17) is 9.79 Å². The van der Waals surface area contributed by atoms with Crippen molar-refractivity contribution < 1.29 is 33.0 Å². The molecule has 1 fully saturated rings. The predicted molar refractivity (Wildman–Crippen MR) is 125 cm³/mol. The smallest absolute Gasteiger partial charge is 0.340 e. The van der Waals surface area contributed by atoms with Crippen molar-refractivity contribution in [2.24, 2.45) is 0 Å². The molecule has 190 valence electrons. The Labute approximate surface area is 196 Å². The Kier molecular flexibility index (Phi) is 10.9. The quantitative estimate of drug-likeness (QED) is 0.256. The number of nitrogens with one attached hydrogen (secondary N) is 1. The van der Waals surface area contributed by atoms with E-state index in [2.05, 4.69) is 14.7 Å². The Morgan fingerprint density at radius 2 is 1.30 bits per heavy atom. The number of nitrogens with zero attached hydrogens (tertiary/aromatic N) is 3. The second kappa shape index (κ2) is 12.7. The lowest BCUT2D eigenvalue weighted by Crippen LogP contribution is -2.41. The lowest BCUT2D eigenvalue weighted by molar-refractivity contribution is 0.102. The van der Waals surface area contributed by atoms with Gasteiger partial charge in [-0.05, 0) is 31.5 Å². The van der Waals surface area contributed by atoms with Gasteiger partial charge in [0, 0.05) is 58.9 Å². The second-order valence-electron chi connectivity index (χ2n) is 8.69. The van der Waals surface area contributed by atoms with Gasteiger partial charge in [-0.25, -0.2) is 8.42 Å². The van der Waals surface area contributed by atoms with Crippen molar-refractivity contribution in [1.29, 1.82) is 0 Å². The van der Waals surface area contributed by atoms with Gasteiger partial charge in [-0.3, -0.25) is 19.3 Å². The fraction of sp³-hybridized carbons (Fsp3) is 0.700. The van der Waals surface area contributed by atoms with Crippen molar-refractivity contribution in [2.45, 2.75) is 37.5 Å². The van der Waals surface area contributed by atoms with Gasteiger partial charge in [0.1, 0.15) is 6.29 Å². The standard InChI is InChI=1S/C20H37N4O7PS/c1-17(25)13-22-7-8-23(14-18(2)26)10-12-24(11-9-22)15-19-3-5-20(6-4-19)33(30,31)21-16-32(27,28)29/h3-6,17-18,21,25-26H,7-16H2,1-2H3,(H2,27,28,29)/t17-,18-/m0/s1. The number of benzene rings is 1. The molecule has 2 atom stereocenters. The number of aliphatic hydroxyl groups is 2. The molecule has 11 nitrogen and oxygen atoms in total. The molecule has 2 rings (SSSR count). The summed E-state index contributed by atoms with van der Waals surface area (Å²) in [4.78, 5) is 24.4. The minimum atomic E-state index is -4.49. The van der Waals surface area contributed by atoms with Crippen LogP contribution in [-0.4, -0.2) is 114 Å². The predicted octanol–water partition coefficient (Wildman–Crippen LogP) is -0.719. The Morgan fingerprint density at radius 3 is 1.70 bits per heavy atom. The number of hydrogen-bond donors (Lipinski definition) is 5. The maximum atomic E-state index is 12.2. The number of hydrogen-bond acceptors (Lipinski definition) is 8. The number of β-amino-alcohol motifs (C(OH)–C–C–N with tert-alkyl or cyclic N) is 2. The third kappa shape index (κ3) is 10.9. The highest BCUT2D eigenvalue weighted by molar-refractivity contribution is 7.89. The Morgan fingerprint density at radius 1 is 0.879 bits per heavy atom. The largest absolute Gasteiger partial charge is 0.392 e. The van der Waals surface area contributed by atoms with E-state index in [9.17, 15) is 23.2 Å². The fourth-order valence-corrected chi connectivity index (χ4v) is 5.75.